The molecule has 4 rings (SSSR count). The van der Waals surface area contributed by atoms with E-state index in [0.717, 1.165) is 40.5 Å². The number of hydrogen-bond acceptors (Lipinski definition) is 4. The highest BCUT2D eigenvalue weighted by Gasteiger charge is 2.27. The summed E-state index contributed by atoms with van der Waals surface area (Å²) in [7, 11) is 0. The molecule has 0 spiro atoms. The van der Waals surface area contributed by atoms with Crippen LogP contribution in [0.2, 0.25) is 0 Å². The van der Waals surface area contributed by atoms with E-state index in [1.54, 1.807) is 6.20 Å². The molecule has 3 heterocycles. The molecule has 1 amide bonds. The number of ether oxygens (including phenoxy) is 1. The Hall–Kier alpha value is -2.66. The topological polar surface area (TPSA) is 55.6 Å². The summed E-state index contributed by atoms with van der Waals surface area (Å²) in [5.74, 6) is 0.442. The number of fused-ring (bicyclic) bond motifs is 1. The van der Waals surface area contributed by atoms with Crippen LogP contribution in [0.4, 0.5) is 0 Å². The van der Waals surface area contributed by atoms with Gasteiger partial charge in [0.2, 0.25) is 0 Å². The molecule has 0 aliphatic carbocycles. The van der Waals surface area contributed by atoms with Gasteiger partial charge in [0, 0.05) is 36.4 Å². The van der Waals surface area contributed by atoms with Crippen LogP contribution >= 0.6 is 0 Å². The third-order valence-corrected chi connectivity index (χ3v) is 5.23. The maximum absolute atomic E-state index is 12.9. The molecule has 140 valence electrons. The number of carbonyl (C=O) groups excluding carboxylic acids is 1. The van der Waals surface area contributed by atoms with Gasteiger partial charge in [0.05, 0.1) is 12.7 Å². The summed E-state index contributed by atoms with van der Waals surface area (Å²) in [6, 6.07) is 9.98. The molecular formula is C22H24N2O3. The fraction of sp³-hybridized carbons (Fsp3) is 0.364. The highest BCUT2D eigenvalue weighted by atomic mass is 16.5. The van der Waals surface area contributed by atoms with Crippen molar-refractivity contribution in [2.45, 2.75) is 39.4 Å². The number of nitrogens with zero attached hydrogens (tertiary/aromatic N) is 2. The first-order valence-corrected chi connectivity index (χ1v) is 9.41. The van der Waals surface area contributed by atoms with E-state index in [0.29, 0.717) is 25.5 Å². The molecule has 3 aromatic rings. The average Bonchev–Trinajstić information content (AvgIpc) is 3.02. The van der Waals surface area contributed by atoms with Crippen LogP contribution < -0.4 is 0 Å². The van der Waals surface area contributed by atoms with Gasteiger partial charge >= 0.3 is 0 Å². The third kappa shape index (κ3) is 3.74. The lowest BCUT2D eigenvalue weighted by atomic mass is 10.1. The van der Waals surface area contributed by atoms with E-state index >= 15 is 0 Å². The number of furan rings is 1. The van der Waals surface area contributed by atoms with Crippen molar-refractivity contribution < 1.29 is 13.9 Å². The Kier molecular flexibility index (Phi) is 4.94. The van der Waals surface area contributed by atoms with Crippen molar-refractivity contribution in [3.8, 4) is 0 Å². The first-order valence-electron chi connectivity index (χ1n) is 9.41. The van der Waals surface area contributed by atoms with Gasteiger partial charge in [-0.15, -0.1) is 0 Å². The fourth-order valence-electron chi connectivity index (χ4n) is 3.60. The van der Waals surface area contributed by atoms with Gasteiger partial charge in [-0.1, -0.05) is 18.2 Å². The van der Waals surface area contributed by atoms with Crippen molar-refractivity contribution in [3.05, 3.63) is 65.2 Å². The van der Waals surface area contributed by atoms with Crippen molar-refractivity contribution in [3.63, 3.8) is 0 Å². The summed E-state index contributed by atoms with van der Waals surface area (Å²) in [6.07, 6.45) is 5.43. The van der Waals surface area contributed by atoms with Gasteiger partial charge in [0.15, 0.2) is 5.76 Å². The average molecular weight is 364 g/mol. The molecule has 2 aromatic heterocycles. The van der Waals surface area contributed by atoms with E-state index in [2.05, 4.69) is 4.98 Å². The second-order valence-corrected chi connectivity index (χ2v) is 7.22. The summed E-state index contributed by atoms with van der Waals surface area (Å²) in [4.78, 5) is 18.9. The van der Waals surface area contributed by atoms with E-state index in [1.165, 1.54) is 0 Å². The Bertz CT molecular complexity index is 941. The first-order chi connectivity index (χ1) is 13.1. The van der Waals surface area contributed by atoms with E-state index in [4.69, 9.17) is 9.15 Å². The molecule has 1 aromatic carbocycles. The van der Waals surface area contributed by atoms with Crippen molar-refractivity contribution in [1.29, 1.82) is 0 Å². The number of aromatic nitrogens is 1. The fourth-order valence-corrected chi connectivity index (χ4v) is 3.60. The molecule has 1 aliphatic rings. The molecule has 1 fully saturated rings. The molecule has 0 N–H and O–H groups in total. The van der Waals surface area contributed by atoms with Crippen LogP contribution in [0.1, 0.15) is 40.1 Å². The normalized spacial score (nSPS) is 15.4. The Morgan fingerprint density at radius 3 is 2.81 bits per heavy atom. The van der Waals surface area contributed by atoms with Crippen molar-refractivity contribution in [2.75, 3.05) is 13.1 Å². The minimum atomic E-state index is -0.0212. The Morgan fingerprint density at radius 1 is 1.26 bits per heavy atom. The Labute approximate surface area is 158 Å². The molecule has 0 unspecified atom stereocenters. The quantitative estimate of drug-likeness (QED) is 0.694. The second-order valence-electron chi connectivity index (χ2n) is 7.22. The minimum absolute atomic E-state index is 0.0212. The van der Waals surface area contributed by atoms with Gasteiger partial charge in [-0.25, -0.2) is 0 Å². The van der Waals surface area contributed by atoms with Crippen molar-refractivity contribution in [2.24, 2.45) is 0 Å². The summed E-state index contributed by atoms with van der Waals surface area (Å²) in [5, 5.41) is 1.01. The van der Waals surface area contributed by atoms with Gasteiger partial charge in [-0.05, 0) is 49.9 Å². The molecule has 0 radical (unpaired) electrons. The van der Waals surface area contributed by atoms with Crippen LogP contribution in [0.25, 0.3) is 11.0 Å². The number of amides is 1. The van der Waals surface area contributed by atoms with Crippen LogP contribution in [0.15, 0.2) is 47.1 Å². The van der Waals surface area contributed by atoms with Crippen LogP contribution in [-0.4, -0.2) is 35.0 Å². The zero-order valence-corrected chi connectivity index (χ0v) is 15.8. The van der Waals surface area contributed by atoms with Crippen LogP contribution in [0.3, 0.4) is 0 Å². The standard InChI is InChI=1S/C22H24N2O3/c1-15-5-6-19-16(2)21(27-20(19)12-15)22(25)24-10-7-18(8-11-24)26-14-17-4-3-9-23-13-17/h3-6,9,12-13,18H,7-8,10-11,14H2,1-2H3. The molecule has 0 saturated carbocycles. The molecule has 0 bridgehead atoms. The van der Waals surface area contributed by atoms with Crippen molar-refractivity contribution >= 4 is 16.9 Å². The summed E-state index contributed by atoms with van der Waals surface area (Å²) >= 11 is 0. The summed E-state index contributed by atoms with van der Waals surface area (Å²) in [6.45, 7) is 5.92. The summed E-state index contributed by atoms with van der Waals surface area (Å²) in [5.41, 5.74) is 3.90. The number of benzene rings is 1. The van der Waals surface area contributed by atoms with E-state index in [1.807, 2.05) is 55.3 Å². The molecular weight excluding hydrogens is 340 g/mol. The molecule has 0 atom stereocenters. The van der Waals surface area contributed by atoms with Gasteiger partial charge in [0.1, 0.15) is 5.58 Å². The number of piperidine rings is 1. The van der Waals surface area contributed by atoms with Crippen LogP contribution in [-0.2, 0) is 11.3 Å². The van der Waals surface area contributed by atoms with Gasteiger partial charge < -0.3 is 14.1 Å². The highest BCUT2D eigenvalue weighted by molar-refractivity contribution is 5.99. The molecule has 1 aliphatic heterocycles. The largest absolute Gasteiger partial charge is 0.451 e. The molecule has 27 heavy (non-hydrogen) atoms. The van der Waals surface area contributed by atoms with E-state index in [9.17, 15) is 4.79 Å². The zero-order valence-electron chi connectivity index (χ0n) is 15.8. The molecule has 1 saturated heterocycles. The van der Waals surface area contributed by atoms with Gasteiger partial charge in [0.25, 0.3) is 5.91 Å². The van der Waals surface area contributed by atoms with Crippen LogP contribution in [0.5, 0.6) is 0 Å². The maximum Gasteiger partial charge on any atom is 0.289 e. The maximum atomic E-state index is 12.9. The SMILES string of the molecule is Cc1ccc2c(C)c(C(=O)N3CCC(OCc4cccnc4)CC3)oc2c1. The predicted molar refractivity (Wildman–Crippen MR) is 104 cm³/mol. The lowest BCUT2D eigenvalue weighted by Gasteiger charge is -2.31. The molecule has 5 heteroatoms. The Balaban J connectivity index is 1.38. The lowest BCUT2D eigenvalue weighted by molar-refractivity contribution is -0.00110. The summed E-state index contributed by atoms with van der Waals surface area (Å²) < 4.78 is 11.9. The first kappa shape index (κ1) is 17.7. The van der Waals surface area contributed by atoms with Gasteiger partial charge in [-0.3, -0.25) is 9.78 Å². The Morgan fingerprint density at radius 2 is 2.07 bits per heavy atom. The monoisotopic (exact) mass is 364 g/mol. The molecule has 5 nitrogen and oxygen atoms in total. The minimum Gasteiger partial charge on any atom is -0.451 e. The lowest BCUT2D eigenvalue weighted by Crippen LogP contribution is -2.40. The number of carbonyl (C=O) groups is 1. The highest BCUT2D eigenvalue weighted by Crippen LogP contribution is 2.28. The predicted octanol–water partition coefficient (Wildman–Crippen LogP) is 4.27. The van der Waals surface area contributed by atoms with Gasteiger partial charge in [-0.2, -0.15) is 0 Å². The van der Waals surface area contributed by atoms with Crippen molar-refractivity contribution in [1.82, 2.24) is 9.88 Å². The number of likely N-dealkylation sites (tertiary alicyclic amines) is 1. The number of aryl methyl sites for hydroxylation is 2. The van der Waals surface area contributed by atoms with E-state index < -0.39 is 0 Å². The number of hydrogen-bond donors (Lipinski definition) is 0. The number of pyridine rings is 1. The second kappa shape index (κ2) is 7.53. The smallest absolute Gasteiger partial charge is 0.289 e. The zero-order chi connectivity index (χ0) is 18.8. The van der Waals surface area contributed by atoms with E-state index in [-0.39, 0.29) is 12.0 Å². The number of rotatable bonds is 4. The van der Waals surface area contributed by atoms with Crippen LogP contribution in [0, 0.1) is 13.8 Å². The third-order valence-electron chi connectivity index (χ3n) is 5.23.